The first kappa shape index (κ1) is 14.8. The SMILES string of the molecule is CCCC(C)NC(=O)C(C)NCC1CCCS1. The van der Waals surface area contributed by atoms with Gasteiger partial charge in [-0.3, -0.25) is 4.79 Å². The van der Waals surface area contributed by atoms with Gasteiger partial charge < -0.3 is 10.6 Å². The van der Waals surface area contributed by atoms with Crippen LogP contribution in [0.15, 0.2) is 0 Å². The lowest BCUT2D eigenvalue weighted by atomic mass is 10.2. The summed E-state index contributed by atoms with van der Waals surface area (Å²) in [7, 11) is 0. The molecule has 3 unspecified atom stereocenters. The van der Waals surface area contributed by atoms with Gasteiger partial charge >= 0.3 is 0 Å². The summed E-state index contributed by atoms with van der Waals surface area (Å²) in [6, 6.07) is 0.216. The van der Waals surface area contributed by atoms with Crippen LogP contribution in [0.2, 0.25) is 0 Å². The van der Waals surface area contributed by atoms with E-state index in [2.05, 4.69) is 24.5 Å². The standard InChI is InChI=1S/C13H26N2OS/c1-4-6-10(2)15-13(16)11(3)14-9-12-7-5-8-17-12/h10-12,14H,4-9H2,1-3H3,(H,15,16). The van der Waals surface area contributed by atoms with E-state index in [1.807, 2.05) is 18.7 Å². The number of carbonyl (C=O) groups is 1. The molecule has 0 radical (unpaired) electrons. The number of amides is 1. The quantitative estimate of drug-likeness (QED) is 0.735. The number of nitrogens with one attached hydrogen (secondary N) is 2. The zero-order valence-corrected chi connectivity index (χ0v) is 12.1. The Labute approximate surface area is 109 Å². The molecule has 1 aliphatic rings. The molecular weight excluding hydrogens is 232 g/mol. The van der Waals surface area contributed by atoms with Crippen molar-refractivity contribution in [2.24, 2.45) is 0 Å². The second kappa shape index (κ2) is 7.98. The average Bonchev–Trinajstić information content (AvgIpc) is 2.78. The van der Waals surface area contributed by atoms with E-state index in [0.29, 0.717) is 5.25 Å². The summed E-state index contributed by atoms with van der Waals surface area (Å²) in [6.07, 6.45) is 4.78. The second-order valence-electron chi connectivity index (χ2n) is 4.96. The van der Waals surface area contributed by atoms with Crippen LogP contribution in [0.1, 0.15) is 46.5 Å². The molecule has 0 aromatic heterocycles. The molecule has 0 bridgehead atoms. The summed E-state index contributed by atoms with van der Waals surface area (Å²) >= 11 is 2.02. The molecule has 2 N–H and O–H groups in total. The van der Waals surface area contributed by atoms with Crippen LogP contribution in [-0.2, 0) is 4.79 Å². The van der Waals surface area contributed by atoms with Gasteiger partial charge in [-0.05, 0) is 38.9 Å². The normalized spacial score (nSPS) is 23.4. The van der Waals surface area contributed by atoms with E-state index in [1.165, 1.54) is 18.6 Å². The van der Waals surface area contributed by atoms with E-state index >= 15 is 0 Å². The third kappa shape index (κ3) is 5.77. The monoisotopic (exact) mass is 258 g/mol. The molecule has 1 fully saturated rings. The molecule has 0 saturated carbocycles. The van der Waals surface area contributed by atoms with Gasteiger partial charge in [0.05, 0.1) is 6.04 Å². The molecule has 0 aliphatic carbocycles. The number of hydrogen-bond donors (Lipinski definition) is 2. The first-order chi connectivity index (χ1) is 8.13. The van der Waals surface area contributed by atoms with Crippen molar-refractivity contribution in [1.29, 1.82) is 0 Å². The minimum Gasteiger partial charge on any atom is -0.352 e. The molecular formula is C13H26N2OS. The Balaban J connectivity index is 2.16. The van der Waals surface area contributed by atoms with Crippen molar-refractivity contribution in [1.82, 2.24) is 10.6 Å². The highest BCUT2D eigenvalue weighted by atomic mass is 32.2. The third-order valence-corrected chi connectivity index (χ3v) is 4.58. The Hall–Kier alpha value is -0.220. The third-order valence-electron chi connectivity index (χ3n) is 3.18. The predicted octanol–water partition coefficient (Wildman–Crippen LogP) is 2.16. The number of carbonyl (C=O) groups excluding carboxylic acids is 1. The maximum atomic E-state index is 11.9. The van der Waals surface area contributed by atoms with Gasteiger partial charge in [0.1, 0.15) is 0 Å². The molecule has 4 heteroatoms. The van der Waals surface area contributed by atoms with Crippen molar-refractivity contribution in [3.05, 3.63) is 0 Å². The summed E-state index contributed by atoms with van der Waals surface area (Å²) < 4.78 is 0. The maximum absolute atomic E-state index is 11.9. The van der Waals surface area contributed by atoms with Crippen LogP contribution in [0.3, 0.4) is 0 Å². The van der Waals surface area contributed by atoms with Crippen molar-refractivity contribution >= 4 is 17.7 Å². The highest BCUT2D eigenvalue weighted by Crippen LogP contribution is 2.25. The summed E-state index contributed by atoms with van der Waals surface area (Å²) in [6.45, 7) is 7.12. The first-order valence-corrected chi connectivity index (χ1v) is 7.83. The van der Waals surface area contributed by atoms with Crippen molar-refractivity contribution in [2.45, 2.75) is 63.8 Å². The van der Waals surface area contributed by atoms with Gasteiger partial charge in [-0.1, -0.05) is 13.3 Å². The minimum absolute atomic E-state index is 0.0736. The van der Waals surface area contributed by atoms with Gasteiger partial charge in [-0.15, -0.1) is 0 Å². The van der Waals surface area contributed by atoms with E-state index < -0.39 is 0 Å². The van der Waals surface area contributed by atoms with Crippen LogP contribution in [0.25, 0.3) is 0 Å². The Morgan fingerprint density at radius 2 is 2.24 bits per heavy atom. The minimum atomic E-state index is -0.0736. The van der Waals surface area contributed by atoms with Gasteiger partial charge in [0.15, 0.2) is 0 Å². The summed E-state index contributed by atoms with van der Waals surface area (Å²) in [5.74, 6) is 1.41. The van der Waals surface area contributed by atoms with Gasteiger partial charge in [-0.25, -0.2) is 0 Å². The lowest BCUT2D eigenvalue weighted by Gasteiger charge is -2.19. The van der Waals surface area contributed by atoms with E-state index in [4.69, 9.17) is 0 Å². The summed E-state index contributed by atoms with van der Waals surface area (Å²) in [4.78, 5) is 11.9. The Bertz CT molecular complexity index is 229. The Kier molecular flexibility index (Phi) is 6.97. The smallest absolute Gasteiger partial charge is 0.237 e. The lowest BCUT2D eigenvalue weighted by molar-refractivity contribution is -0.123. The van der Waals surface area contributed by atoms with Crippen molar-refractivity contribution in [3.8, 4) is 0 Å². The van der Waals surface area contributed by atoms with Crippen molar-refractivity contribution in [2.75, 3.05) is 12.3 Å². The summed E-state index contributed by atoms with van der Waals surface area (Å²) in [5.41, 5.74) is 0. The fourth-order valence-corrected chi connectivity index (χ4v) is 3.29. The molecule has 1 aliphatic heterocycles. The fourth-order valence-electron chi connectivity index (χ4n) is 2.08. The van der Waals surface area contributed by atoms with Crippen LogP contribution in [-0.4, -0.2) is 35.5 Å². The van der Waals surface area contributed by atoms with Crippen molar-refractivity contribution < 1.29 is 4.79 Å². The first-order valence-electron chi connectivity index (χ1n) is 6.78. The van der Waals surface area contributed by atoms with Crippen LogP contribution in [0, 0.1) is 0 Å². The van der Waals surface area contributed by atoms with E-state index in [0.717, 1.165) is 19.4 Å². The van der Waals surface area contributed by atoms with Gasteiger partial charge in [-0.2, -0.15) is 11.8 Å². The Morgan fingerprint density at radius 1 is 1.47 bits per heavy atom. The van der Waals surface area contributed by atoms with E-state index in [1.54, 1.807) is 0 Å². The molecule has 0 aromatic rings. The molecule has 17 heavy (non-hydrogen) atoms. The molecule has 0 spiro atoms. The second-order valence-corrected chi connectivity index (χ2v) is 6.37. The van der Waals surface area contributed by atoms with Crippen LogP contribution in [0.5, 0.6) is 0 Å². The molecule has 3 nitrogen and oxygen atoms in total. The zero-order valence-electron chi connectivity index (χ0n) is 11.3. The maximum Gasteiger partial charge on any atom is 0.237 e. The van der Waals surface area contributed by atoms with E-state index in [9.17, 15) is 4.79 Å². The molecule has 100 valence electrons. The van der Waals surface area contributed by atoms with Gasteiger partial charge in [0.25, 0.3) is 0 Å². The number of rotatable bonds is 7. The zero-order chi connectivity index (χ0) is 12.7. The van der Waals surface area contributed by atoms with Crippen LogP contribution < -0.4 is 10.6 Å². The molecule has 1 heterocycles. The molecule has 3 atom stereocenters. The molecule has 1 rings (SSSR count). The van der Waals surface area contributed by atoms with Gasteiger partial charge in [0.2, 0.25) is 5.91 Å². The average molecular weight is 258 g/mol. The summed E-state index contributed by atoms with van der Waals surface area (Å²) in [5, 5.41) is 7.09. The number of hydrogen-bond acceptors (Lipinski definition) is 3. The van der Waals surface area contributed by atoms with Gasteiger partial charge in [0, 0.05) is 17.8 Å². The van der Waals surface area contributed by atoms with Crippen LogP contribution in [0.4, 0.5) is 0 Å². The lowest BCUT2D eigenvalue weighted by Crippen LogP contribution is -2.46. The molecule has 0 aromatic carbocycles. The highest BCUT2D eigenvalue weighted by molar-refractivity contribution is 8.00. The highest BCUT2D eigenvalue weighted by Gasteiger charge is 2.19. The fraction of sp³-hybridized carbons (Fsp3) is 0.923. The molecule has 1 saturated heterocycles. The van der Waals surface area contributed by atoms with Crippen LogP contribution >= 0.6 is 11.8 Å². The predicted molar refractivity (Wildman–Crippen MR) is 75.5 cm³/mol. The number of thioether (sulfide) groups is 1. The van der Waals surface area contributed by atoms with Crippen molar-refractivity contribution in [3.63, 3.8) is 0 Å². The molecule has 1 amide bonds. The van der Waals surface area contributed by atoms with E-state index in [-0.39, 0.29) is 18.0 Å². The Morgan fingerprint density at radius 3 is 2.82 bits per heavy atom. The topological polar surface area (TPSA) is 41.1 Å². The largest absolute Gasteiger partial charge is 0.352 e.